The van der Waals surface area contributed by atoms with Crippen LogP contribution in [-0.2, 0) is 22.4 Å². The molecule has 0 aromatic heterocycles. The van der Waals surface area contributed by atoms with Gasteiger partial charge in [0, 0.05) is 25.6 Å². The third-order valence-electron chi connectivity index (χ3n) is 4.35. The van der Waals surface area contributed by atoms with Gasteiger partial charge in [-0.2, -0.15) is 0 Å². The van der Waals surface area contributed by atoms with Gasteiger partial charge in [0.2, 0.25) is 11.8 Å². The molecule has 0 aliphatic carbocycles. The molecule has 0 unspecified atom stereocenters. The first-order chi connectivity index (χ1) is 12.5. The Hall–Kier alpha value is -2.69. The summed E-state index contributed by atoms with van der Waals surface area (Å²) in [5.41, 5.74) is 3.20. The molecule has 2 rings (SSSR count). The number of benzene rings is 2. The zero-order chi connectivity index (χ0) is 19.1. The summed E-state index contributed by atoms with van der Waals surface area (Å²) < 4.78 is 14.0. The van der Waals surface area contributed by atoms with E-state index in [0.29, 0.717) is 0 Å². The van der Waals surface area contributed by atoms with E-state index in [9.17, 15) is 14.0 Å². The number of hydrogen-bond acceptors (Lipinski definition) is 2. The molecule has 4 nitrogen and oxygen atoms in total. The second-order valence-electron chi connectivity index (χ2n) is 6.08. The SMILES string of the molecule is CCc1cccc(CC)c1NC(=O)CCN(C(C)=O)c1ccccc1F. The van der Waals surface area contributed by atoms with Crippen molar-refractivity contribution in [1.82, 2.24) is 0 Å². The molecule has 1 N–H and O–H groups in total. The van der Waals surface area contributed by atoms with Crippen LogP contribution in [0.2, 0.25) is 0 Å². The maximum absolute atomic E-state index is 14.0. The molecular formula is C21H25FN2O2. The standard InChI is InChI=1S/C21H25FN2O2/c1-4-16-9-8-10-17(5-2)21(16)23-20(26)13-14-24(15(3)25)19-12-7-6-11-18(19)22/h6-12H,4-5,13-14H2,1-3H3,(H,23,26). The number of nitrogens with zero attached hydrogens (tertiary/aromatic N) is 1. The zero-order valence-corrected chi connectivity index (χ0v) is 15.5. The first-order valence-electron chi connectivity index (χ1n) is 8.91. The van der Waals surface area contributed by atoms with Gasteiger partial charge in [0.15, 0.2) is 0 Å². The second kappa shape index (κ2) is 9.13. The number of rotatable bonds is 7. The van der Waals surface area contributed by atoms with E-state index in [1.807, 2.05) is 32.0 Å². The Morgan fingerprint density at radius 1 is 1.00 bits per heavy atom. The number of hydrogen-bond donors (Lipinski definition) is 1. The Kier molecular flexibility index (Phi) is 6.89. The van der Waals surface area contributed by atoms with E-state index in [4.69, 9.17) is 0 Å². The number of carbonyl (C=O) groups excluding carboxylic acids is 2. The molecule has 5 heteroatoms. The number of halogens is 1. The number of aryl methyl sites for hydroxylation is 2. The van der Waals surface area contributed by atoms with Crippen molar-refractivity contribution in [2.24, 2.45) is 0 Å². The van der Waals surface area contributed by atoms with Gasteiger partial charge in [-0.05, 0) is 36.1 Å². The molecule has 0 spiro atoms. The molecule has 0 saturated carbocycles. The molecule has 0 fully saturated rings. The number of carbonyl (C=O) groups is 2. The lowest BCUT2D eigenvalue weighted by Crippen LogP contribution is -2.32. The summed E-state index contributed by atoms with van der Waals surface area (Å²) in [7, 11) is 0. The van der Waals surface area contributed by atoms with Crippen LogP contribution in [0, 0.1) is 5.82 Å². The van der Waals surface area contributed by atoms with Crippen molar-refractivity contribution in [2.45, 2.75) is 40.0 Å². The van der Waals surface area contributed by atoms with Crippen LogP contribution < -0.4 is 10.2 Å². The van der Waals surface area contributed by atoms with E-state index >= 15 is 0 Å². The molecule has 0 aliphatic heterocycles. The number of amides is 2. The number of para-hydroxylation sites is 2. The van der Waals surface area contributed by atoms with E-state index in [0.717, 1.165) is 29.7 Å². The van der Waals surface area contributed by atoms with Crippen LogP contribution in [-0.4, -0.2) is 18.4 Å². The third kappa shape index (κ3) is 4.69. The van der Waals surface area contributed by atoms with Crippen molar-refractivity contribution in [1.29, 1.82) is 0 Å². The van der Waals surface area contributed by atoms with Crippen molar-refractivity contribution in [3.8, 4) is 0 Å². The third-order valence-corrected chi connectivity index (χ3v) is 4.35. The van der Waals surface area contributed by atoms with Crippen molar-refractivity contribution in [3.05, 3.63) is 59.4 Å². The van der Waals surface area contributed by atoms with Gasteiger partial charge in [-0.15, -0.1) is 0 Å². The number of nitrogens with one attached hydrogen (secondary N) is 1. The van der Waals surface area contributed by atoms with Gasteiger partial charge < -0.3 is 10.2 Å². The molecule has 0 bridgehead atoms. The van der Waals surface area contributed by atoms with Gasteiger partial charge in [0.05, 0.1) is 5.69 Å². The van der Waals surface area contributed by atoms with Gasteiger partial charge in [0.25, 0.3) is 0 Å². The Morgan fingerprint density at radius 2 is 1.62 bits per heavy atom. The minimum Gasteiger partial charge on any atom is -0.326 e. The largest absolute Gasteiger partial charge is 0.326 e. The molecule has 138 valence electrons. The van der Waals surface area contributed by atoms with Crippen molar-refractivity contribution in [3.63, 3.8) is 0 Å². The van der Waals surface area contributed by atoms with Gasteiger partial charge >= 0.3 is 0 Å². The summed E-state index contributed by atoms with van der Waals surface area (Å²) in [4.78, 5) is 25.6. The minimum absolute atomic E-state index is 0.0924. The maximum Gasteiger partial charge on any atom is 0.226 e. The molecule has 2 aromatic rings. The maximum atomic E-state index is 14.0. The highest BCUT2D eigenvalue weighted by atomic mass is 19.1. The smallest absolute Gasteiger partial charge is 0.226 e. The van der Waals surface area contributed by atoms with Gasteiger partial charge in [-0.25, -0.2) is 4.39 Å². The Morgan fingerprint density at radius 3 is 2.15 bits per heavy atom. The molecule has 2 aromatic carbocycles. The van der Waals surface area contributed by atoms with Crippen LogP contribution >= 0.6 is 0 Å². The molecule has 0 atom stereocenters. The van der Waals surface area contributed by atoms with E-state index < -0.39 is 5.82 Å². The van der Waals surface area contributed by atoms with E-state index in [1.54, 1.807) is 12.1 Å². The molecule has 0 heterocycles. The topological polar surface area (TPSA) is 49.4 Å². The Balaban J connectivity index is 2.11. The molecule has 0 saturated heterocycles. The summed E-state index contributed by atoms with van der Waals surface area (Å²) in [6.07, 6.45) is 1.73. The minimum atomic E-state index is -0.479. The predicted molar refractivity (Wildman–Crippen MR) is 103 cm³/mol. The molecule has 26 heavy (non-hydrogen) atoms. The monoisotopic (exact) mass is 356 g/mol. The molecule has 0 radical (unpaired) electrons. The van der Waals surface area contributed by atoms with Crippen molar-refractivity contribution in [2.75, 3.05) is 16.8 Å². The summed E-state index contributed by atoms with van der Waals surface area (Å²) >= 11 is 0. The van der Waals surface area contributed by atoms with Crippen LogP contribution in [0.4, 0.5) is 15.8 Å². The number of anilines is 2. The summed E-state index contributed by atoms with van der Waals surface area (Å²) in [6, 6.07) is 12.1. The van der Waals surface area contributed by atoms with Crippen molar-refractivity contribution < 1.29 is 14.0 Å². The van der Waals surface area contributed by atoms with E-state index in [1.165, 1.54) is 24.0 Å². The first kappa shape index (κ1) is 19.6. The first-order valence-corrected chi connectivity index (χ1v) is 8.91. The van der Waals surface area contributed by atoms with Crippen LogP contribution in [0.1, 0.15) is 38.3 Å². The van der Waals surface area contributed by atoms with Gasteiger partial charge in [0.1, 0.15) is 5.82 Å². The average Bonchev–Trinajstić information content (AvgIpc) is 2.63. The lowest BCUT2D eigenvalue weighted by atomic mass is 10.0. The summed E-state index contributed by atoms with van der Waals surface area (Å²) in [5, 5.41) is 2.97. The Labute approximate surface area is 154 Å². The van der Waals surface area contributed by atoms with Crippen molar-refractivity contribution >= 4 is 23.2 Å². The highest BCUT2D eigenvalue weighted by Crippen LogP contribution is 2.23. The average molecular weight is 356 g/mol. The van der Waals surface area contributed by atoms with Crippen LogP contribution in [0.5, 0.6) is 0 Å². The lowest BCUT2D eigenvalue weighted by molar-refractivity contribution is -0.117. The summed E-state index contributed by atoms with van der Waals surface area (Å²) in [6.45, 7) is 5.57. The molecule has 0 aliphatic rings. The fraction of sp³-hybridized carbons (Fsp3) is 0.333. The highest BCUT2D eigenvalue weighted by molar-refractivity contribution is 5.95. The fourth-order valence-electron chi connectivity index (χ4n) is 2.94. The predicted octanol–water partition coefficient (Wildman–Crippen LogP) is 4.33. The van der Waals surface area contributed by atoms with E-state index in [2.05, 4.69) is 5.32 Å². The molecule has 2 amide bonds. The van der Waals surface area contributed by atoms with E-state index in [-0.39, 0.29) is 30.5 Å². The lowest BCUT2D eigenvalue weighted by Gasteiger charge is -2.22. The van der Waals surface area contributed by atoms with Crippen LogP contribution in [0.15, 0.2) is 42.5 Å². The second-order valence-corrected chi connectivity index (χ2v) is 6.08. The highest BCUT2D eigenvalue weighted by Gasteiger charge is 2.17. The Bertz CT molecular complexity index is 767. The van der Waals surface area contributed by atoms with Gasteiger partial charge in [-0.3, -0.25) is 9.59 Å². The van der Waals surface area contributed by atoms with Gasteiger partial charge in [-0.1, -0.05) is 44.2 Å². The zero-order valence-electron chi connectivity index (χ0n) is 15.5. The van der Waals surface area contributed by atoms with Crippen LogP contribution in [0.3, 0.4) is 0 Å². The molecular weight excluding hydrogens is 331 g/mol. The normalized spacial score (nSPS) is 10.5. The van der Waals surface area contributed by atoms with Crippen LogP contribution in [0.25, 0.3) is 0 Å². The summed E-state index contributed by atoms with van der Waals surface area (Å²) in [5.74, 6) is -0.970. The fourth-order valence-corrected chi connectivity index (χ4v) is 2.94. The quantitative estimate of drug-likeness (QED) is 0.803.